The van der Waals surface area contributed by atoms with Gasteiger partial charge in [0.15, 0.2) is 0 Å². The van der Waals surface area contributed by atoms with Gasteiger partial charge in [-0.05, 0) is 13.8 Å². The van der Waals surface area contributed by atoms with Gasteiger partial charge in [-0.2, -0.15) is 0 Å². The van der Waals surface area contributed by atoms with E-state index in [0.29, 0.717) is 17.8 Å². The first-order chi connectivity index (χ1) is 5.66. The lowest BCUT2D eigenvalue weighted by Gasteiger charge is -1.98. The molecule has 0 aromatic carbocycles. The molecule has 1 heterocycles. The van der Waals surface area contributed by atoms with E-state index in [9.17, 15) is 9.59 Å². The molecule has 12 heavy (non-hydrogen) atoms. The molecular weight excluding hydrogens is 160 g/mol. The van der Waals surface area contributed by atoms with Gasteiger partial charge >= 0.3 is 11.9 Å². The van der Waals surface area contributed by atoms with Gasteiger partial charge in [-0.1, -0.05) is 0 Å². The highest BCUT2D eigenvalue weighted by Gasteiger charge is 2.29. The van der Waals surface area contributed by atoms with Crippen LogP contribution in [0.4, 0.5) is 0 Å². The molecule has 0 aromatic rings. The first kappa shape index (κ1) is 8.93. The third-order valence-corrected chi connectivity index (χ3v) is 1.64. The number of rotatable bonds is 3. The summed E-state index contributed by atoms with van der Waals surface area (Å²) in [6.45, 7) is 4.05. The summed E-state index contributed by atoms with van der Waals surface area (Å²) in [5.74, 6) is -1.14. The van der Waals surface area contributed by atoms with Crippen molar-refractivity contribution in [3.63, 3.8) is 0 Å². The monoisotopic (exact) mass is 170 g/mol. The lowest BCUT2D eigenvalue weighted by molar-refractivity contribution is -0.151. The molecule has 0 amide bonds. The Balaban J connectivity index is 2.71. The van der Waals surface area contributed by atoms with Crippen LogP contribution in [0.25, 0.3) is 0 Å². The minimum atomic E-state index is -0.578. The van der Waals surface area contributed by atoms with Crippen molar-refractivity contribution in [2.24, 2.45) is 0 Å². The molecule has 66 valence electrons. The van der Waals surface area contributed by atoms with Crippen LogP contribution in [0.15, 0.2) is 11.1 Å². The van der Waals surface area contributed by atoms with Crippen LogP contribution in [0.2, 0.25) is 0 Å². The molecule has 0 aliphatic carbocycles. The summed E-state index contributed by atoms with van der Waals surface area (Å²) in [6.07, 6.45) is 0. The van der Waals surface area contributed by atoms with Crippen molar-refractivity contribution < 1.29 is 19.1 Å². The molecule has 0 atom stereocenters. The molecule has 1 aliphatic rings. The highest BCUT2D eigenvalue weighted by molar-refractivity contribution is 6.12. The van der Waals surface area contributed by atoms with E-state index in [1.807, 2.05) is 6.92 Å². The van der Waals surface area contributed by atoms with Crippen LogP contribution in [-0.2, 0) is 19.1 Å². The predicted octanol–water partition coefficient (Wildman–Crippen LogP) is 0.423. The van der Waals surface area contributed by atoms with Crippen LogP contribution in [0.3, 0.4) is 0 Å². The second-order valence-electron chi connectivity index (χ2n) is 2.42. The Hall–Kier alpha value is -1.16. The molecule has 0 fully saturated rings. The molecule has 0 saturated carbocycles. The maximum absolute atomic E-state index is 10.9. The van der Waals surface area contributed by atoms with Gasteiger partial charge in [0.1, 0.15) is 0 Å². The predicted molar refractivity (Wildman–Crippen MR) is 40.3 cm³/mol. The van der Waals surface area contributed by atoms with Crippen molar-refractivity contribution in [1.29, 1.82) is 0 Å². The van der Waals surface area contributed by atoms with Crippen molar-refractivity contribution in [3.05, 3.63) is 11.1 Å². The largest absolute Gasteiger partial charge is 0.386 e. The van der Waals surface area contributed by atoms with Gasteiger partial charge in [0.25, 0.3) is 0 Å². The van der Waals surface area contributed by atoms with Gasteiger partial charge in [0.05, 0.1) is 12.2 Å². The smallest absolute Gasteiger partial charge is 0.344 e. The highest BCUT2D eigenvalue weighted by Crippen LogP contribution is 2.16. The summed E-state index contributed by atoms with van der Waals surface area (Å²) in [4.78, 5) is 21.7. The molecule has 0 bridgehead atoms. The number of hydrogen-bond acceptors (Lipinski definition) is 4. The Labute approximate surface area is 70.1 Å². The molecule has 4 nitrogen and oxygen atoms in total. The summed E-state index contributed by atoms with van der Waals surface area (Å²) in [5, 5.41) is 0. The van der Waals surface area contributed by atoms with Gasteiger partial charge in [-0.3, -0.25) is 0 Å². The fraction of sp³-hybridized carbons (Fsp3) is 0.500. The van der Waals surface area contributed by atoms with Crippen molar-refractivity contribution in [3.8, 4) is 0 Å². The average molecular weight is 170 g/mol. The summed E-state index contributed by atoms with van der Waals surface area (Å²) < 4.78 is 9.35. The van der Waals surface area contributed by atoms with Gasteiger partial charge in [-0.15, -0.1) is 0 Å². The standard InChI is InChI=1S/C8H10O4/c1-3-11-4-6-5(2)7(9)12-8(6)10/h3-4H2,1-2H3. The van der Waals surface area contributed by atoms with E-state index in [0.717, 1.165) is 0 Å². The number of ether oxygens (including phenoxy) is 2. The lowest BCUT2D eigenvalue weighted by Crippen LogP contribution is -2.06. The third-order valence-electron chi connectivity index (χ3n) is 1.64. The SMILES string of the molecule is CCOCC1=C(C)C(=O)OC1=O. The van der Waals surface area contributed by atoms with Crippen LogP contribution < -0.4 is 0 Å². The van der Waals surface area contributed by atoms with Crippen LogP contribution in [0, 0.1) is 0 Å². The van der Waals surface area contributed by atoms with Gasteiger partial charge in [0.2, 0.25) is 0 Å². The second kappa shape index (κ2) is 3.49. The number of carbonyl (C=O) groups is 2. The quantitative estimate of drug-likeness (QED) is 0.455. The van der Waals surface area contributed by atoms with E-state index in [1.54, 1.807) is 6.92 Å². The molecule has 0 spiro atoms. The lowest BCUT2D eigenvalue weighted by atomic mass is 10.2. The third kappa shape index (κ3) is 1.53. The van der Waals surface area contributed by atoms with Crippen LogP contribution in [-0.4, -0.2) is 25.2 Å². The minimum Gasteiger partial charge on any atom is -0.386 e. The first-order valence-corrected chi connectivity index (χ1v) is 3.70. The van der Waals surface area contributed by atoms with Crippen molar-refractivity contribution in [2.75, 3.05) is 13.2 Å². The van der Waals surface area contributed by atoms with E-state index >= 15 is 0 Å². The fourth-order valence-corrected chi connectivity index (χ4v) is 0.870. The first-order valence-electron chi connectivity index (χ1n) is 3.70. The molecule has 4 heteroatoms. The highest BCUT2D eigenvalue weighted by atomic mass is 16.6. The maximum atomic E-state index is 10.9. The Morgan fingerprint density at radius 2 is 2.00 bits per heavy atom. The molecule has 0 aromatic heterocycles. The van der Waals surface area contributed by atoms with Gasteiger partial charge in [0, 0.05) is 12.2 Å². The van der Waals surface area contributed by atoms with E-state index in [-0.39, 0.29) is 6.61 Å². The molecule has 1 aliphatic heterocycles. The number of carbonyl (C=O) groups excluding carboxylic acids is 2. The summed E-state index contributed by atoms with van der Waals surface area (Å²) in [5.41, 5.74) is 0.690. The zero-order valence-corrected chi connectivity index (χ0v) is 7.05. The molecule has 1 rings (SSSR count). The summed E-state index contributed by atoms with van der Waals surface area (Å²) in [7, 11) is 0. The average Bonchev–Trinajstić information content (AvgIpc) is 2.25. The Kier molecular flexibility index (Phi) is 2.60. The Bertz CT molecular complexity index is 252. The zero-order valence-electron chi connectivity index (χ0n) is 7.05. The molecule has 0 unspecified atom stereocenters. The normalized spacial score (nSPS) is 17.2. The van der Waals surface area contributed by atoms with E-state index in [4.69, 9.17) is 4.74 Å². The maximum Gasteiger partial charge on any atom is 0.344 e. The van der Waals surface area contributed by atoms with E-state index < -0.39 is 11.9 Å². The van der Waals surface area contributed by atoms with Crippen molar-refractivity contribution in [2.45, 2.75) is 13.8 Å². The second-order valence-corrected chi connectivity index (χ2v) is 2.42. The van der Waals surface area contributed by atoms with Gasteiger partial charge < -0.3 is 9.47 Å². The molecular formula is C8H10O4. The van der Waals surface area contributed by atoms with Crippen molar-refractivity contribution >= 4 is 11.9 Å². The summed E-state index contributed by atoms with van der Waals surface area (Å²) in [6, 6.07) is 0. The zero-order chi connectivity index (χ0) is 9.14. The number of hydrogen-bond donors (Lipinski definition) is 0. The molecule has 0 radical (unpaired) electrons. The molecule has 0 N–H and O–H groups in total. The topological polar surface area (TPSA) is 52.6 Å². The Morgan fingerprint density at radius 1 is 1.33 bits per heavy atom. The fourth-order valence-electron chi connectivity index (χ4n) is 0.870. The van der Waals surface area contributed by atoms with E-state index in [1.165, 1.54) is 0 Å². The van der Waals surface area contributed by atoms with Crippen LogP contribution in [0.5, 0.6) is 0 Å². The van der Waals surface area contributed by atoms with Crippen LogP contribution in [0.1, 0.15) is 13.8 Å². The number of esters is 2. The number of cyclic esters (lactones) is 2. The van der Waals surface area contributed by atoms with Crippen molar-refractivity contribution in [1.82, 2.24) is 0 Å². The Morgan fingerprint density at radius 3 is 2.42 bits per heavy atom. The molecule has 0 saturated heterocycles. The minimum absolute atomic E-state index is 0.160. The van der Waals surface area contributed by atoms with Crippen LogP contribution >= 0.6 is 0 Å². The van der Waals surface area contributed by atoms with E-state index in [2.05, 4.69) is 4.74 Å². The van der Waals surface area contributed by atoms with Gasteiger partial charge in [-0.25, -0.2) is 9.59 Å². The summed E-state index contributed by atoms with van der Waals surface area (Å²) >= 11 is 0.